The number of benzene rings is 1. The van der Waals surface area contributed by atoms with Gasteiger partial charge in [0.1, 0.15) is 12.1 Å². The second kappa shape index (κ2) is 22.2. The number of carbonyl (C=O) groups is 5. The number of carboxylic acids is 1. The number of hydrogen-bond donors (Lipinski definition) is 4. The van der Waals surface area contributed by atoms with Crippen molar-refractivity contribution in [2.75, 3.05) is 34.9 Å². The van der Waals surface area contributed by atoms with E-state index in [1.54, 1.807) is 57.1 Å². The zero-order chi connectivity index (χ0) is 40.7. The zero-order valence-corrected chi connectivity index (χ0v) is 33.5. The Balaban J connectivity index is 2.31. The lowest BCUT2D eigenvalue weighted by atomic mass is 9.89. The van der Waals surface area contributed by atoms with Gasteiger partial charge in [-0.05, 0) is 42.8 Å². The number of carbonyl (C=O) groups excluding carboxylic acids is 4. The second-order valence-electron chi connectivity index (χ2n) is 14.6. The van der Waals surface area contributed by atoms with Crippen LogP contribution in [-0.2, 0) is 39.9 Å². The Bertz CT molecular complexity index is 1440. The molecule has 0 bridgehead atoms. The maximum Gasteiger partial charge on any atom is 0.326 e. The molecule has 1 aliphatic heterocycles. The first-order valence-electron chi connectivity index (χ1n) is 18.8. The van der Waals surface area contributed by atoms with Crippen LogP contribution in [0.25, 0.3) is 10.4 Å². The number of hydrogen-bond acceptors (Lipinski definition) is 9. The van der Waals surface area contributed by atoms with E-state index in [-0.39, 0.29) is 30.6 Å². The van der Waals surface area contributed by atoms with E-state index in [9.17, 15) is 34.6 Å². The molecule has 1 aromatic carbocycles. The van der Waals surface area contributed by atoms with Gasteiger partial charge in [0.25, 0.3) is 0 Å². The number of azide groups is 1. The quantitative estimate of drug-likeness (QED) is 0.0775. The Hall–Kier alpha value is -4.24. The molecule has 302 valence electrons. The minimum atomic E-state index is -1.18. The molecule has 4 amide bonds. The van der Waals surface area contributed by atoms with Gasteiger partial charge in [-0.3, -0.25) is 19.2 Å². The van der Waals surface area contributed by atoms with E-state index >= 15 is 0 Å². The van der Waals surface area contributed by atoms with Crippen LogP contribution in [0.1, 0.15) is 72.8 Å². The monoisotopic (exact) mass is 758 g/mol. The third-order valence-electron chi connectivity index (χ3n) is 10.7. The number of likely N-dealkylation sites (N-methyl/N-ethyl adjacent to an activating group) is 2. The maximum absolute atomic E-state index is 14.2. The molecule has 1 aliphatic rings. The average molecular weight is 759 g/mol. The number of amides is 4. The summed E-state index contributed by atoms with van der Waals surface area (Å²) in [5, 5.41) is 22.0. The lowest BCUT2D eigenvalue weighted by Gasteiger charge is -2.41. The van der Waals surface area contributed by atoms with Crippen LogP contribution in [0, 0.1) is 17.8 Å². The molecule has 0 spiro atoms. The summed E-state index contributed by atoms with van der Waals surface area (Å²) in [5.41, 5.74) is 9.96. The van der Waals surface area contributed by atoms with Crippen LogP contribution >= 0.6 is 0 Å². The van der Waals surface area contributed by atoms with E-state index in [4.69, 9.17) is 9.47 Å². The Morgan fingerprint density at radius 1 is 1.02 bits per heavy atom. The highest BCUT2D eigenvalue weighted by atomic mass is 16.5. The number of nitrogens with one attached hydrogen (secondary N) is 3. The van der Waals surface area contributed by atoms with E-state index in [1.807, 2.05) is 33.8 Å². The molecule has 0 radical (unpaired) electrons. The van der Waals surface area contributed by atoms with Crippen LogP contribution in [0.4, 0.5) is 0 Å². The lowest BCUT2D eigenvalue weighted by Crippen LogP contribution is -2.60. The number of nitrogens with zero attached hydrogens (tertiary/aromatic N) is 5. The molecule has 16 heteroatoms. The molecule has 4 N–H and O–H groups in total. The molecule has 16 nitrogen and oxygen atoms in total. The number of ether oxygens (including phenoxy) is 2. The first-order valence-corrected chi connectivity index (χ1v) is 18.8. The van der Waals surface area contributed by atoms with E-state index in [0.717, 1.165) is 5.56 Å². The summed E-state index contributed by atoms with van der Waals surface area (Å²) in [6.07, 6.45) is 0.417. The van der Waals surface area contributed by atoms with Gasteiger partial charge in [0, 0.05) is 39.1 Å². The van der Waals surface area contributed by atoms with Gasteiger partial charge in [-0.1, -0.05) is 83.4 Å². The van der Waals surface area contributed by atoms with E-state index < -0.39 is 78.1 Å². The molecule has 2 rings (SSSR count). The molecule has 9 unspecified atom stereocenters. The fraction of sp³-hybridized carbons (Fsp3) is 0.711. The molecule has 1 fully saturated rings. The lowest BCUT2D eigenvalue weighted by molar-refractivity contribution is -0.148. The molecule has 0 saturated carbocycles. The topological polar surface area (TPSA) is 215 Å². The van der Waals surface area contributed by atoms with E-state index in [1.165, 1.54) is 19.1 Å². The van der Waals surface area contributed by atoms with Gasteiger partial charge in [-0.15, -0.1) is 0 Å². The molecule has 0 aliphatic carbocycles. The van der Waals surface area contributed by atoms with Crippen molar-refractivity contribution in [2.45, 2.75) is 122 Å². The predicted molar refractivity (Wildman–Crippen MR) is 204 cm³/mol. The highest BCUT2D eigenvalue weighted by molar-refractivity contribution is 5.91. The van der Waals surface area contributed by atoms with Gasteiger partial charge < -0.3 is 40.3 Å². The standard InChI is InChI=1S/C38H62N8O8/c1-11-23(4)33(45(8)37(50)32(25(6)43-44-39)42-36(49)31(40-7)22(2)3)29(53-9)21-30(47)46-19-15-18-28(46)34(54-10)24(5)35(48)41-27(38(51)52)20-26-16-13-12-14-17-26/h12-14,16-17,22-25,27-29,31-34,40H,11,15,18-21H2,1-10H3,(H,41,48)(H,42,49)(H,51,52)/t23?,24?,25?,27?,28-,29?,31?,32?,33?,34?/m0/s1. The SMILES string of the molecule is CCC(C)C(C(CC(=O)N1CCC[C@H]1C(OC)C(C)C(=O)NC(Cc1ccccc1)C(=O)O)OC)N(C)C(=O)C(NC(=O)C(NC)C(C)C)C(C)N=[N+]=[N-]. The first-order chi connectivity index (χ1) is 25.6. The first kappa shape index (κ1) is 45.9. The summed E-state index contributed by atoms with van der Waals surface area (Å²) in [6, 6.07) is 4.11. The van der Waals surface area contributed by atoms with Crippen LogP contribution in [-0.4, -0.2) is 128 Å². The summed E-state index contributed by atoms with van der Waals surface area (Å²) < 4.78 is 11.8. The van der Waals surface area contributed by atoms with Crippen LogP contribution in [0.5, 0.6) is 0 Å². The van der Waals surface area contributed by atoms with E-state index in [2.05, 4.69) is 26.0 Å². The summed E-state index contributed by atoms with van der Waals surface area (Å²) >= 11 is 0. The minimum absolute atomic E-state index is 0.0826. The predicted octanol–water partition coefficient (Wildman–Crippen LogP) is 3.15. The average Bonchev–Trinajstić information content (AvgIpc) is 3.63. The minimum Gasteiger partial charge on any atom is -0.480 e. The largest absolute Gasteiger partial charge is 0.480 e. The smallest absolute Gasteiger partial charge is 0.326 e. The van der Waals surface area contributed by atoms with Crippen molar-refractivity contribution in [2.24, 2.45) is 22.9 Å². The van der Waals surface area contributed by atoms with Crippen molar-refractivity contribution in [3.63, 3.8) is 0 Å². The van der Waals surface area contributed by atoms with Crippen molar-refractivity contribution >= 4 is 29.6 Å². The van der Waals surface area contributed by atoms with Crippen LogP contribution < -0.4 is 16.0 Å². The Morgan fingerprint density at radius 3 is 2.19 bits per heavy atom. The number of likely N-dealkylation sites (tertiary alicyclic amines) is 1. The van der Waals surface area contributed by atoms with Crippen LogP contribution in [0.15, 0.2) is 35.4 Å². The molecule has 0 aromatic heterocycles. The Morgan fingerprint density at radius 2 is 1.67 bits per heavy atom. The fourth-order valence-electron chi connectivity index (χ4n) is 7.43. The van der Waals surface area contributed by atoms with Crippen molar-refractivity contribution < 1.29 is 38.6 Å². The Kier molecular flexibility index (Phi) is 18.9. The number of methoxy groups -OCH3 is 2. The molecular weight excluding hydrogens is 696 g/mol. The summed E-state index contributed by atoms with van der Waals surface area (Å²) in [6.45, 7) is 11.3. The van der Waals surface area contributed by atoms with Crippen molar-refractivity contribution in [3.8, 4) is 0 Å². The number of rotatable bonds is 22. The number of carboxylic acid groups (broad SMARTS) is 1. The van der Waals surface area contributed by atoms with Crippen molar-refractivity contribution in [1.29, 1.82) is 0 Å². The molecule has 54 heavy (non-hydrogen) atoms. The molecule has 1 saturated heterocycles. The summed E-state index contributed by atoms with van der Waals surface area (Å²) in [7, 11) is 6.20. The maximum atomic E-state index is 14.2. The summed E-state index contributed by atoms with van der Waals surface area (Å²) in [4.78, 5) is 73.2. The van der Waals surface area contributed by atoms with Crippen LogP contribution in [0.2, 0.25) is 0 Å². The van der Waals surface area contributed by atoms with E-state index in [0.29, 0.717) is 25.8 Å². The van der Waals surface area contributed by atoms with Gasteiger partial charge in [-0.2, -0.15) is 0 Å². The van der Waals surface area contributed by atoms with Crippen molar-refractivity contribution in [1.82, 2.24) is 25.8 Å². The highest BCUT2D eigenvalue weighted by Crippen LogP contribution is 2.29. The van der Waals surface area contributed by atoms with Crippen molar-refractivity contribution in [3.05, 3.63) is 46.3 Å². The molecule has 1 heterocycles. The van der Waals surface area contributed by atoms with Gasteiger partial charge in [-0.25, -0.2) is 4.79 Å². The Labute approximate surface area is 319 Å². The molecule has 10 atom stereocenters. The summed E-state index contributed by atoms with van der Waals surface area (Å²) in [5.74, 6) is -3.83. The normalized spacial score (nSPS) is 19.2. The fourth-order valence-corrected chi connectivity index (χ4v) is 7.43. The second-order valence-corrected chi connectivity index (χ2v) is 14.6. The van der Waals surface area contributed by atoms with Crippen LogP contribution in [0.3, 0.4) is 0 Å². The number of aliphatic carboxylic acids is 1. The van der Waals surface area contributed by atoms with Gasteiger partial charge in [0.15, 0.2) is 0 Å². The third kappa shape index (κ3) is 12.1. The molecule has 1 aromatic rings. The van der Waals surface area contributed by atoms with Gasteiger partial charge >= 0.3 is 5.97 Å². The molecular formula is C38H62N8O8. The highest BCUT2D eigenvalue weighted by Gasteiger charge is 2.43. The van der Waals surface area contributed by atoms with Gasteiger partial charge in [0.05, 0.1) is 48.7 Å². The van der Waals surface area contributed by atoms with Gasteiger partial charge in [0.2, 0.25) is 23.6 Å². The zero-order valence-electron chi connectivity index (χ0n) is 33.5. The third-order valence-corrected chi connectivity index (χ3v) is 10.7.